The maximum atomic E-state index is 12.2. The van der Waals surface area contributed by atoms with Gasteiger partial charge in [0.15, 0.2) is 0 Å². The Bertz CT molecular complexity index is 637. The van der Waals surface area contributed by atoms with Crippen LogP contribution in [0.4, 0.5) is 0 Å². The van der Waals surface area contributed by atoms with Crippen molar-refractivity contribution >= 4 is 11.4 Å². The Kier molecular flexibility index (Phi) is 2.32. The molecule has 1 N–H and O–H groups in total. The fourth-order valence-corrected chi connectivity index (χ4v) is 3.14. The Morgan fingerprint density at radius 3 is 3.11 bits per heavy atom. The van der Waals surface area contributed by atoms with Crippen molar-refractivity contribution in [2.24, 2.45) is 5.92 Å². The molecule has 2 saturated heterocycles. The minimum Gasteiger partial charge on any atom is -0.346 e. The van der Waals surface area contributed by atoms with Gasteiger partial charge in [-0.05, 0) is 24.9 Å². The molecular formula is C13H15N5O. The van der Waals surface area contributed by atoms with Crippen LogP contribution < -0.4 is 5.32 Å². The van der Waals surface area contributed by atoms with Gasteiger partial charge in [0.1, 0.15) is 18.3 Å². The maximum Gasteiger partial charge on any atom is 0.270 e. The highest BCUT2D eigenvalue weighted by atomic mass is 16.2. The van der Waals surface area contributed by atoms with Crippen molar-refractivity contribution in [1.82, 2.24) is 24.6 Å². The smallest absolute Gasteiger partial charge is 0.270 e. The third kappa shape index (κ3) is 1.79. The lowest BCUT2D eigenvalue weighted by atomic mass is 10.00. The summed E-state index contributed by atoms with van der Waals surface area (Å²) in [6, 6.07) is 2.06. The van der Waals surface area contributed by atoms with Gasteiger partial charge in [-0.3, -0.25) is 9.20 Å². The lowest BCUT2D eigenvalue weighted by molar-refractivity contribution is 0.0919. The van der Waals surface area contributed by atoms with Crippen molar-refractivity contribution in [3.8, 4) is 0 Å². The van der Waals surface area contributed by atoms with Gasteiger partial charge in [0.25, 0.3) is 5.91 Å². The predicted molar refractivity (Wildman–Crippen MR) is 68.8 cm³/mol. The van der Waals surface area contributed by atoms with E-state index in [0.717, 1.165) is 18.6 Å². The number of imidazole rings is 1. The number of hydrogen-bond donors (Lipinski definition) is 1. The lowest BCUT2D eigenvalue weighted by Crippen LogP contribution is -2.43. The van der Waals surface area contributed by atoms with Crippen LogP contribution in [0.2, 0.25) is 0 Å². The number of fused-ring (bicyclic) bond motifs is 3. The van der Waals surface area contributed by atoms with E-state index in [1.807, 2.05) is 0 Å². The monoisotopic (exact) mass is 257 g/mol. The van der Waals surface area contributed by atoms with E-state index in [1.54, 1.807) is 29.3 Å². The molecule has 2 aromatic rings. The van der Waals surface area contributed by atoms with E-state index in [-0.39, 0.29) is 11.9 Å². The molecule has 0 aliphatic carbocycles. The summed E-state index contributed by atoms with van der Waals surface area (Å²) in [5.74, 6) is 0.532. The van der Waals surface area contributed by atoms with Gasteiger partial charge >= 0.3 is 0 Å². The van der Waals surface area contributed by atoms with Crippen molar-refractivity contribution in [1.29, 1.82) is 0 Å². The average molecular weight is 257 g/mol. The number of piperidine rings is 1. The molecule has 4 heterocycles. The number of amides is 1. The van der Waals surface area contributed by atoms with E-state index in [1.165, 1.54) is 13.0 Å². The Hall–Kier alpha value is -1.95. The van der Waals surface area contributed by atoms with Crippen molar-refractivity contribution in [2.45, 2.75) is 12.5 Å². The van der Waals surface area contributed by atoms with E-state index in [2.05, 4.69) is 20.2 Å². The molecule has 4 rings (SSSR count). The van der Waals surface area contributed by atoms with Crippen LogP contribution in [-0.2, 0) is 0 Å². The SMILES string of the molecule is O=C(NC1CN2CC[C@H]1C2)c1cc2cncn2cn1. The van der Waals surface area contributed by atoms with E-state index in [0.29, 0.717) is 11.6 Å². The van der Waals surface area contributed by atoms with Gasteiger partial charge < -0.3 is 10.2 Å². The molecule has 0 saturated carbocycles. The Balaban J connectivity index is 1.53. The summed E-state index contributed by atoms with van der Waals surface area (Å²) in [6.07, 6.45) is 6.22. The molecule has 3 atom stereocenters. The predicted octanol–water partition coefficient (Wildman–Crippen LogP) is 0.163. The second-order valence-electron chi connectivity index (χ2n) is 5.39. The topological polar surface area (TPSA) is 62.5 Å². The Morgan fingerprint density at radius 1 is 1.37 bits per heavy atom. The van der Waals surface area contributed by atoms with E-state index < -0.39 is 0 Å². The van der Waals surface area contributed by atoms with Crippen LogP contribution in [-0.4, -0.2) is 50.9 Å². The second-order valence-corrected chi connectivity index (χ2v) is 5.39. The van der Waals surface area contributed by atoms with E-state index >= 15 is 0 Å². The second kappa shape index (κ2) is 4.03. The molecule has 0 radical (unpaired) electrons. The summed E-state index contributed by atoms with van der Waals surface area (Å²) in [7, 11) is 0. The molecule has 1 amide bonds. The largest absolute Gasteiger partial charge is 0.346 e. The van der Waals surface area contributed by atoms with Gasteiger partial charge in [-0.2, -0.15) is 0 Å². The van der Waals surface area contributed by atoms with Crippen LogP contribution >= 0.6 is 0 Å². The average Bonchev–Trinajstić information content (AvgIpc) is 3.13. The van der Waals surface area contributed by atoms with Crippen molar-refractivity contribution in [3.63, 3.8) is 0 Å². The number of hydrogen-bond acceptors (Lipinski definition) is 4. The maximum absolute atomic E-state index is 12.2. The van der Waals surface area contributed by atoms with Gasteiger partial charge in [0, 0.05) is 19.1 Å². The number of rotatable bonds is 2. The van der Waals surface area contributed by atoms with Crippen LogP contribution in [0.5, 0.6) is 0 Å². The number of aromatic nitrogens is 3. The summed E-state index contributed by atoms with van der Waals surface area (Å²) in [5.41, 5.74) is 1.35. The summed E-state index contributed by atoms with van der Waals surface area (Å²) in [4.78, 5) is 22.8. The van der Waals surface area contributed by atoms with Crippen LogP contribution in [0.1, 0.15) is 16.9 Å². The molecule has 2 fully saturated rings. The zero-order chi connectivity index (χ0) is 12.8. The highest BCUT2D eigenvalue weighted by Gasteiger charge is 2.38. The molecule has 0 aromatic carbocycles. The molecule has 19 heavy (non-hydrogen) atoms. The highest BCUT2D eigenvalue weighted by Crippen LogP contribution is 2.27. The zero-order valence-electron chi connectivity index (χ0n) is 10.5. The van der Waals surface area contributed by atoms with Crippen molar-refractivity contribution < 1.29 is 4.79 Å². The fraction of sp³-hybridized carbons (Fsp3) is 0.462. The zero-order valence-corrected chi connectivity index (χ0v) is 10.5. The van der Waals surface area contributed by atoms with Crippen LogP contribution in [0.3, 0.4) is 0 Å². The van der Waals surface area contributed by atoms with Gasteiger partial charge in [0.05, 0.1) is 11.7 Å². The molecule has 2 aliphatic heterocycles. The molecule has 98 valence electrons. The first kappa shape index (κ1) is 10.9. The van der Waals surface area contributed by atoms with Crippen LogP contribution in [0.25, 0.3) is 5.52 Å². The molecule has 2 aromatic heterocycles. The summed E-state index contributed by atoms with van der Waals surface area (Å²) in [6.45, 7) is 3.28. The molecule has 2 unspecified atom stereocenters. The first-order valence-corrected chi connectivity index (χ1v) is 6.60. The molecule has 6 heteroatoms. The standard InChI is InChI=1S/C13H15N5O/c19-13(16-12-6-17-2-1-9(12)5-17)11-3-10-4-14-7-18(10)8-15-11/h3-4,7-9,12H,1-2,5-6H2,(H,16,19)/t9-,12?/m0/s1. The summed E-state index contributed by atoms with van der Waals surface area (Å²) in [5, 5.41) is 3.11. The Morgan fingerprint density at radius 2 is 2.32 bits per heavy atom. The third-order valence-electron chi connectivity index (χ3n) is 4.18. The minimum atomic E-state index is -0.0811. The molecule has 2 bridgehead atoms. The number of carbonyl (C=O) groups is 1. The molecule has 6 nitrogen and oxygen atoms in total. The van der Waals surface area contributed by atoms with Crippen molar-refractivity contribution in [2.75, 3.05) is 19.6 Å². The molecule has 0 spiro atoms. The molecular weight excluding hydrogens is 242 g/mol. The number of nitrogens with zero attached hydrogens (tertiary/aromatic N) is 4. The highest BCUT2D eigenvalue weighted by molar-refractivity contribution is 5.93. The van der Waals surface area contributed by atoms with Gasteiger partial charge in [0.2, 0.25) is 0 Å². The first-order chi connectivity index (χ1) is 9.29. The van der Waals surface area contributed by atoms with Gasteiger partial charge in [-0.25, -0.2) is 9.97 Å². The van der Waals surface area contributed by atoms with Gasteiger partial charge in [-0.15, -0.1) is 0 Å². The van der Waals surface area contributed by atoms with E-state index in [4.69, 9.17) is 0 Å². The van der Waals surface area contributed by atoms with Gasteiger partial charge in [-0.1, -0.05) is 0 Å². The van der Waals surface area contributed by atoms with Crippen molar-refractivity contribution in [3.05, 3.63) is 30.6 Å². The van der Waals surface area contributed by atoms with E-state index in [9.17, 15) is 4.79 Å². The number of nitrogens with one attached hydrogen (secondary N) is 1. The normalized spacial score (nSPS) is 28.9. The lowest BCUT2D eigenvalue weighted by Gasteiger charge is -2.22. The summed E-state index contributed by atoms with van der Waals surface area (Å²) < 4.78 is 1.79. The number of carbonyl (C=O) groups excluding carboxylic acids is 1. The first-order valence-electron chi connectivity index (χ1n) is 6.60. The quantitative estimate of drug-likeness (QED) is 0.832. The summed E-state index contributed by atoms with van der Waals surface area (Å²) >= 11 is 0. The van der Waals surface area contributed by atoms with Crippen LogP contribution in [0, 0.1) is 5.92 Å². The molecule has 2 aliphatic rings. The minimum absolute atomic E-state index is 0.0811. The fourth-order valence-electron chi connectivity index (χ4n) is 3.14. The third-order valence-corrected chi connectivity index (χ3v) is 4.18. The Labute approximate surface area is 110 Å². The van der Waals surface area contributed by atoms with Crippen LogP contribution in [0.15, 0.2) is 24.9 Å².